The minimum atomic E-state index is 0.552. The van der Waals surface area contributed by atoms with Crippen LogP contribution in [0.2, 0.25) is 0 Å². The molecule has 2 aliphatic carbocycles. The number of fused-ring (bicyclic) bond motifs is 3. The van der Waals surface area contributed by atoms with Gasteiger partial charge in [0, 0.05) is 39.3 Å². The Labute approximate surface area is 317 Å². The molecule has 0 aliphatic heterocycles. The lowest BCUT2D eigenvalue weighted by Gasteiger charge is -2.39. The first-order valence-corrected chi connectivity index (χ1v) is 19.3. The zero-order chi connectivity index (χ0) is 36.0. The molecule has 54 heavy (non-hydrogen) atoms. The Hall–Kier alpha value is -6.38. The minimum Gasteiger partial charge on any atom is -0.355 e. The summed E-state index contributed by atoms with van der Waals surface area (Å²) in [5, 5.41) is 6.30. The fourth-order valence-electron chi connectivity index (χ4n) is 8.84. The largest absolute Gasteiger partial charge is 0.355 e. The van der Waals surface area contributed by atoms with Crippen molar-refractivity contribution in [3.63, 3.8) is 0 Å². The summed E-state index contributed by atoms with van der Waals surface area (Å²) in [6.45, 7) is 2.41. The Balaban J connectivity index is 0.939. The quantitative estimate of drug-likeness (QED) is 0.168. The number of rotatable bonds is 8. The fourth-order valence-corrected chi connectivity index (χ4v) is 8.84. The second kappa shape index (κ2) is 13.5. The molecule has 7 aromatic carbocycles. The third-order valence-corrected chi connectivity index (χ3v) is 11.9. The first-order valence-electron chi connectivity index (χ1n) is 19.3. The Bertz CT molecular complexity index is 2680. The van der Waals surface area contributed by atoms with E-state index in [4.69, 9.17) is 0 Å². The molecule has 1 heterocycles. The molecule has 0 spiro atoms. The van der Waals surface area contributed by atoms with Gasteiger partial charge in [0.1, 0.15) is 0 Å². The number of hydrogen-bond donors (Lipinski definition) is 1. The van der Waals surface area contributed by atoms with Crippen LogP contribution in [0.25, 0.3) is 66.4 Å². The van der Waals surface area contributed by atoms with Crippen LogP contribution >= 0.6 is 0 Å². The molecule has 260 valence electrons. The Kier molecular flexibility index (Phi) is 8.10. The SMILES string of the molecule is CC1CCC1[C@@H]1C=CC=C1c1ccc(Nc2ccc(-c3ccc(-c4ccc5c(c4)c4ccccc4n5-c4ccccc4)cc3)cc2-c2ccccc2)cc1. The summed E-state index contributed by atoms with van der Waals surface area (Å²) in [6, 6.07) is 61.8. The monoisotopic (exact) mass is 694 g/mol. The van der Waals surface area contributed by atoms with Crippen molar-refractivity contribution in [2.24, 2.45) is 17.8 Å². The van der Waals surface area contributed by atoms with E-state index in [-0.39, 0.29) is 0 Å². The van der Waals surface area contributed by atoms with E-state index in [1.165, 1.54) is 84.9 Å². The fraction of sp³-hybridized carbons (Fsp3) is 0.115. The number of benzene rings is 7. The van der Waals surface area contributed by atoms with Crippen LogP contribution in [0.15, 0.2) is 188 Å². The minimum absolute atomic E-state index is 0.552. The molecular weight excluding hydrogens is 653 g/mol. The number of allylic oxidation sites excluding steroid dienone is 4. The van der Waals surface area contributed by atoms with Crippen LogP contribution < -0.4 is 5.32 Å². The maximum atomic E-state index is 3.76. The molecule has 3 atom stereocenters. The van der Waals surface area contributed by atoms with Gasteiger partial charge in [-0.1, -0.05) is 147 Å². The molecule has 1 aromatic heterocycles. The van der Waals surface area contributed by atoms with Crippen molar-refractivity contribution in [1.82, 2.24) is 4.57 Å². The normalized spacial score (nSPS) is 17.8. The second-order valence-electron chi connectivity index (χ2n) is 15.1. The lowest BCUT2D eigenvalue weighted by Crippen LogP contribution is -2.29. The summed E-state index contributed by atoms with van der Waals surface area (Å²) in [6.07, 6.45) is 9.69. The maximum absolute atomic E-state index is 3.76. The van der Waals surface area contributed by atoms with Crippen LogP contribution in [0.4, 0.5) is 11.4 Å². The van der Waals surface area contributed by atoms with E-state index in [9.17, 15) is 0 Å². The van der Waals surface area contributed by atoms with E-state index in [0.717, 1.165) is 23.2 Å². The van der Waals surface area contributed by atoms with Crippen molar-refractivity contribution in [1.29, 1.82) is 0 Å². The highest BCUT2D eigenvalue weighted by Gasteiger charge is 2.35. The van der Waals surface area contributed by atoms with E-state index in [1.54, 1.807) is 0 Å². The van der Waals surface area contributed by atoms with Gasteiger partial charge in [0.25, 0.3) is 0 Å². The molecule has 0 saturated heterocycles. The van der Waals surface area contributed by atoms with Gasteiger partial charge in [0.2, 0.25) is 0 Å². The molecule has 10 rings (SSSR count). The van der Waals surface area contributed by atoms with Crippen molar-refractivity contribution in [3.05, 3.63) is 194 Å². The van der Waals surface area contributed by atoms with Crippen LogP contribution in [-0.2, 0) is 0 Å². The molecule has 1 N–H and O–H groups in total. The zero-order valence-electron chi connectivity index (χ0n) is 30.5. The molecule has 2 nitrogen and oxygen atoms in total. The van der Waals surface area contributed by atoms with Gasteiger partial charge in [-0.05, 0) is 112 Å². The standard InChI is InChI=1S/C52H42N2/c1-35-19-30-44(35)46-17-10-16-45(46)39-24-28-42(29-25-39)53-50-31-26-40(33-48(50)38-11-4-2-5-12-38)36-20-22-37(23-21-36)41-27-32-52-49(34-41)47-15-8-9-18-51(47)54(52)43-13-6-3-7-14-43/h2-18,20-29,31-35,44,46,53H,19,30H2,1H3/t35?,44?,46-/m0/s1. The van der Waals surface area contributed by atoms with Crippen LogP contribution in [0, 0.1) is 17.8 Å². The van der Waals surface area contributed by atoms with Crippen LogP contribution in [0.1, 0.15) is 25.3 Å². The van der Waals surface area contributed by atoms with Gasteiger partial charge in [0.15, 0.2) is 0 Å². The van der Waals surface area contributed by atoms with Crippen molar-refractivity contribution >= 4 is 38.8 Å². The first-order chi connectivity index (χ1) is 26.7. The molecule has 2 heteroatoms. The molecule has 0 radical (unpaired) electrons. The summed E-state index contributed by atoms with van der Waals surface area (Å²) < 4.78 is 2.37. The van der Waals surface area contributed by atoms with Crippen molar-refractivity contribution in [2.75, 3.05) is 5.32 Å². The van der Waals surface area contributed by atoms with Crippen LogP contribution in [0.3, 0.4) is 0 Å². The maximum Gasteiger partial charge on any atom is 0.0541 e. The average Bonchev–Trinajstić information content (AvgIpc) is 3.84. The number of anilines is 2. The first kappa shape index (κ1) is 32.3. The highest BCUT2D eigenvalue weighted by atomic mass is 15.0. The summed E-state index contributed by atoms with van der Waals surface area (Å²) >= 11 is 0. The van der Waals surface area contributed by atoms with Crippen LogP contribution in [-0.4, -0.2) is 4.57 Å². The van der Waals surface area contributed by atoms with Gasteiger partial charge in [-0.15, -0.1) is 0 Å². The molecule has 1 fully saturated rings. The molecule has 1 saturated carbocycles. The highest BCUT2D eigenvalue weighted by molar-refractivity contribution is 6.10. The molecule has 0 amide bonds. The van der Waals surface area contributed by atoms with Gasteiger partial charge < -0.3 is 9.88 Å². The number of hydrogen-bond acceptors (Lipinski definition) is 1. The highest BCUT2D eigenvalue weighted by Crippen LogP contribution is 2.47. The van der Waals surface area contributed by atoms with E-state index in [1.807, 2.05) is 0 Å². The number of nitrogens with zero attached hydrogens (tertiary/aromatic N) is 1. The van der Waals surface area contributed by atoms with Crippen molar-refractivity contribution in [3.8, 4) is 39.1 Å². The van der Waals surface area contributed by atoms with E-state index in [0.29, 0.717) is 5.92 Å². The molecular formula is C52H42N2. The molecule has 0 bridgehead atoms. The summed E-state index contributed by atoms with van der Waals surface area (Å²) in [7, 11) is 0. The summed E-state index contributed by atoms with van der Waals surface area (Å²) in [5.41, 5.74) is 15.8. The Morgan fingerprint density at radius 1 is 0.519 bits per heavy atom. The van der Waals surface area contributed by atoms with E-state index in [2.05, 4.69) is 205 Å². The van der Waals surface area contributed by atoms with Gasteiger partial charge in [-0.2, -0.15) is 0 Å². The number of nitrogens with one attached hydrogen (secondary N) is 1. The van der Waals surface area contributed by atoms with Crippen molar-refractivity contribution < 1.29 is 0 Å². The lowest BCUT2D eigenvalue weighted by molar-refractivity contribution is 0.170. The second-order valence-corrected chi connectivity index (χ2v) is 15.1. The van der Waals surface area contributed by atoms with Gasteiger partial charge >= 0.3 is 0 Å². The van der Waals surface area contributed by atoms with E-state index < -0.39 is 0 Å². The lowest BCUT2D eigenvalue weighted by atomic mass is 9.66. The zero-order valence-corrected chi connectivity index (χ0v) is 30.5. The average molecular weight is 695 g/mol. The van der Waals surface area contributed by atoms with Crippen molar-refractivity contribution in [2.45, 2.75) is 19.8 Å². The number of para-hydroxylation sites is 2. The predicted octanol–water partition coefficient (Wildman–Crippen LogP) is 14.1. The Morgan fingerprint density at radius 2 is 1.15 bits per heavy atom. The van der Waals surface area contributed by atoms with E-state index >= 15 is 0 Å². The third kappa shape index (κ3) is 5.76. The molecule has 2 aliphatic rings. The van der Waals surface area contributed by atoms with Gasteiger partial charge in [-0.25, -0.2) is 0 Å². The summed E-state index contributed by atoms with van der Waals surface area (Å²) in [5.74, 6) is 2.14. The third-order valence-electron chi connectivity index (χ3n) is 11.9. The molecule has 8 aromatic rings. The topological polar surface area (TPSA) is 17.0 Å². The predicted molar refractivity (Wildman–Crippen MR) is 229 cm³/mol. The van der Waals surface area contributed by atoms with Gasteiger partial charge in [-0.3, -0.25) is 0 Å². The Morgan fingerprint density at radius 3 is 1.87 bits per heavy atom. The number of aromatic nitrogens is 1. The van der Waals surface area contributed by atoms with Crippen LogP contribution in [0.5, 0.6) is 0 Å². The van der Waals surface area contributed by atoms with Gasteiger partial charge in [0.05, 0.1) is 11.0 Å². The summed E-state index contributed by atoms with van der Waals surface area (Å²) in [4.78, 5) is 0. The smallest absolute Gasteiger partial charge is 0.0541 e. The molecule has 2 unspecified atom stereocenters.